The summed E-state index contributed by atoms with van der Waals surface area (Å²) >= 11 is 0. The van der Waals surface area contributed by atoms with Crippen molar-refractivity contribution in [2.75, 3.05) is 7.11 Å². The van der Waals surface area contributed by atoms with Crippen LogP contribution >= 0.6 is 0 Å². The van der Waals surface area contributed by atoms with Crippen LogP contribution in [0.4, 0.5) is 0 Å². The molecule has 0 unspecified atom stereocenters. The van der Waals surface area contributed by atoms with Crippen molar-refractivity contribution in [1.29, 1.82) is 0 Å². The standard InChI is InChI=1S/C10H8O3.O3/c1-12-10(11)8-4-2-3-7-5-6-13-9(7)8;1-3-2/h2-6H,1H3;. The minimum atomic E-state index is -0.374. The number of hydrogen-bond acceptors (Lipinski definition) is 5. The summed E-state index contributed by atoms with van der Waals surface area (Å²) in [6, 6.07) is 7.16. The number of esters is 1. The fourth-order valence-electron chi connectivity index (χ4n) is 1.26. The first kappa shape index (κ1) is 11.7. The maximum absolute atomic E-state index is 11.2. The zero-order valence-electron chi connectivity index (χ0n) is 8.34. The molecule has 0 N–H and O–H groups in total. The van der Waals surface area contributed by atoms with Crippen LogP contribution in [0, 0.1) is 9.71 Å². The fraction of sp³-hybridized carbons (Fsp3) is 0.100. The van der Waals surface area contributed by atoms with E-state index in [1.165, 1.54) is 7.11 Å². The van der Waals surface area contributed by atoms with Crippen molar-refractivity contribution >= 4 is 16.9 Å². The minimum Gasteiger partial charge on any atom is -0.465 e. The molecule has 6 heteroatoms. The third kappa shape index (κ3) is 2.35. The normalized spacial score (nSPS) is 9.06. The summed E-state index contributed by atoms with van der Waals surface area (Å²) in [6.07, 6.45) is 1.55. The van der Waals surface area contributed by atoms with Crippen molar-refractivity contribution in [1.82, 2.24) is 0 Å². The Morgan fingerprint density at radius 3 is 2.75 bits per heavy atom. The number of rotatable bonds is 1. The quantitative estimate of drug-likeness (QED) is 0.313. The summed E-state index contributed by atoms with van der Waals surface area (Å²) in [5.41, 5.74) is 1.04. The van der Waals surface area contributed by atoms with E-state index in [1.807, 2.05) is 12.1 Å². The lowest BCUT2D eigenvalue weighted by molar-refractivity contribution is -0.284. The molecule has 0 bridgehead atoms. The van der Waals surface area contributed by atoms with E-state index in [2.05, 4.69) is 4.74 Å². The van der Waals surface area contributed by atoms with Gasteiger partial charge in [-0.2, -0.15) is 0 Å². The molecule has 2 aromatic rings. The van der Waals surface area contributed by atoms with Crippen LogP contribution < -0.4 is 5.26 Å². The maximum atomic E-state index is 11.2. The Labute approximate surface area is 89.9 Å². The van der Waals surface area contributed by atoms with E-state index in [0.29, 0.717) is 11.1 Å². The van der Waals surface area contributed by atoms with Gasteiger partial charge in [-0.05, 0) is 12.1 Å². The lowest BCUT2D eigenvalue weighted by Gasteiger charge is -1.98. The molecule has 0 atom stereocenters. The van der Waals surface area contributed by atoms with Gasteiger partial charge in [0.1, 0.15) is 11.1 Å². The second kappa shape index (κ2) is 5.50. The Kier molecular flexibility index (Phi) is 4.02. The molecule has 16 heavy (non-hydrogen) atoms. The molecule has 0 aliphatic heterocycles. The molecule has 0 amide bonds. The monoisotopic (exact) mass is 224 g/mol. The third-order valence-corrected chi connectivity index (χ3v) is 1.88. The summed E-state index contributed by atoms with van der Waals surface area (Å²) in [4.78, 5) is 19.1. The third-order valence-electron chi connectivity index (χ3n) is 1.88. The number of ether oxygens (including phenoxy) is 1. The summed E-state index contributed by atoms with van der Waals surface area (Å²) in [5.74, 6) is -0.374. The molecule has 6 nitrogen and oxygen atoms in total. The molecule has 1 aromatic heterocycles. The highest BCUT2D eigenvalue weighted by molar-refractivity contribution is 6.01. The van der Waals surface area contributed by atoms with Crippen LogP contribution in [-0.4, -0.2) is 13.1 Å². The predicted molar refractivity (Wildman–Crippen MR) is 54.3 cm³/mol. The van der Waals surface area contributed by atoms with Gasteiger partial charge in [-0.25, -0.2) is 4.79 Å². The number of benzene rings is 1. The molecule has 0 fully saturated rings. The van der Waals surface area contributed by atoms with E-state index in [9.17, 15) is 4.79 Å². The van der Waals surface area contributed by atoms with Crippen molar-refractivity contribution in [3.8, 4) is 0 Å². The highest BCUT2D eigenvalue weighted by atomic mass is 17.2. The number of fused-ring (bicyclic) bond motifs is 1. The molecule has 2 rings (SSSR count). The Bertz CT molecular complexity index is 487. The molecular formula is C10H8O6. The second-order valence-electron chi connectivity index (χ2n) is 2.70. The zero-order valence-corrected chi connectivity index (χ0v) is 8.34. The van der Waals surface area contributed by atoms with Crippen LogP contribution in [0.15, 0.2) is 34.9 Å². The Hall–Kier alpha value is -2.37. The van der Waals surface area contributed by atoms with E-state index in [0.717, 1.165) is 5.39 Å². The summed E-state index contributed by atoms with van der Waals surface area (Å²) < 4.78 is 11.5. The van der Waals surface area contributed by atoms with E-state index < -0.39 is 0 Å². The van der Waals surface area contributed by atoms with Crippen LogP contribution in [0.5, 0.6) is 0 Å². The number of carbonyl (C=O) groups is 1. The Morgan fingerprint density at radius 2 is 2.12 bits per heavy atom. The number of para-hydroxylation sites is 1. The second-order valence-corrected chi connectivity index (χ2v) is 2.70. The van der Waals surface area contributed by atoms with Gasteiger partial charge in [-0.1, -0.05) is 22.4 Å². The Balaban J connectivity index is 0.000000386. The van der Waals surface area contributed by atoms with Crippen LogP contribution in [0.25, 0.3) is 11.0 Å². The summed E-state index contributed by atoms with van der Waals surface area (Å²) in [6.45, 7) is 0. The highest BCUT2D eigenvalue weighted by Gasteiger charge is 2.11. The largest absolute Gasteiger partial charge is 0.465 e. The Morgan fingerprint density at radius 1 is 1.44 bits per heavy atom. The van der Waals surface area contributed by atoms with Crippen LogP contribution in [0.3, 0.4) is 0 Å². The molecule has 84 valence electrons. The van der Waals surface area contributed by atoms with Gasteiger partial charge in [0.15, 0.2) is 4.75 Å². The molecule has 0 saturated heterocycles. The van der Waals surface area contributed by atoms with E-state index >= 15 is 0 Å². The van der Waals surface area contributed by atoms with E-state index in [4.69, 9.17) is 14.6 Å². The average molecular weight is 224 g/mol. The van der Waals surface area contributed by atoms with Gasteiger partial charge in [-0.15, -0.1) is 0 Å². The molecule has 1 heterocycles. The first-order valence-corrected chi connectivity index (χ1v) is 4.21. The van der Waals surface area contributed by atoms with Crippen molar-refractivity contribution in [3.63, 3.8) is 0 Å². The van der Waals surface area contributed by atoms with Gasteiger partial charge in [0.05, 0.1) is 13.4 Å². The minimum absolute atomic E-state index is 0.374. The van der Waals surface area contributed by atoms with E-state index in [1.54, 1.807) is 23.1 Å². The predicted octanol–water partition coefficient (Wildman–Crippen LogP) is 1.10. The lowest BCUT2D eigenvalue weighted by atomic mass is 10.1. The van der Waals surface area contributed by atoms with Gasteiger partial charge in [0, 0.05) is 5.39 Å². The maximum Gasteiger partial charge on any atom is 0.341 e. The van der Waals surface area contributed by atoms with Crippen LogP contribution in [-0.2, 0) is 4.74 Å². The van der Waals surface area contributed by atoms with Gasteiger partial charge in [0.25, 0.3) is 0 Å². The lowest BCUT2D eigenvalue weighted by Crippen LogP contribution is -2.00. The molecule has 1 aromatic carbocycles. The number of carbonyl (C=O) groups excluding carboxylic acids is 1. The molecular weight excluding hydrogens is 216 g/mol. The SMILES string of the molecule is COC(=O)c1cccc2ccoc12.O=[O+][O-]. The van der Waals surface area contributed by atoms with Gasteiger partial charge in [-0.3, -0.25) is 0 Å². The van der Waals surface area contributed by atoms with Crippen molar-refractivity contribution in [2.45, 2.75) is 0 Å². The van der Waals surface area contributed by atoms with E-state index in [-0.39, 0.29) is 5.97 Å². The van der Waals surface area contributed by atoms with Crippen molar-refractivity contribution in [3.05, 3.63) is 45.8 Å². The van der Waals surface area contributed by atoms with Crippen molar-refractivity contribution in [2.24, 2.45) is 0 Å². The summed E-state index contributed by atoms with van der Waals surface area (Å²) in [7, 11) is 1.35. The fourth-order valence-corrected chi connectivity index (χ4v) is 1.26. The van der Waals surface area contributed by atoms with Crippen molar-refractivity contribution < 1.29 is 19.2 Å². The molecule has 0 aliphatic carbocycles. The first-order valence-electron chi connectivity index (χ1n) is 4.21. The molecule has 0 aliphatic rings. The van der Waals surface area contributed by atoms with Crippen LogP contribution in [0.1, 0.15) is 10.4 Å². The summed E-state index contributed by atoms with van der Waals surface area (Å²) in [5, 5.41) is 8.78. The van der Waals surface area contributed by atoms with Gasteiger partial charge >= 0.3 is 5.97 Å². The zero-order chi connectivity index (χ0) is 12.0. The first-order chi connectivity index (χ1) is 7.74. The molecule has 0 spiro atoms. The number of methoxy groups -OCH3 is 1. The van der Waals surface area contributed by atoms with Gasteiger partial charge < -0.3 is 9.15 Å². The topological polar surface area (TPSA) is 90.9 Å². The molecule has 0 saturated carbocycles. The average Bonchev–Trinajstić information content (AvgIpc) is 2.76. The molecule has 0 radical (unpaired) electrons. The highest BCUT2D eigenvalue weighted by Crippen LogP contribution is 2.20. The smallest absolute Gasteiger partial charge is 0.341 e. The van der Waals surface area contributed by atoms with Crippen LogP contribution in [0.2, 0.25) is 0 Å². The van der Waals surface area contributed by atoms with Gasteiger partial charge in [0.2, 0.25) is 0 Å². The number of hydrogen-bond donors (Lipinski definition) is 0. The number of furan rings is 1.